The van der Waals surface area contributed by atoms with Gasteiger partial charge in [0, 0.05) is 30.4 Å². The molecule has 1 heterocycles. The highest BCUT2D eigenvalue weighted by Crippen LogP contribution is 2.22. The number of aromatic nitrogens is 1. The number of halogens is 1. The number of hydrogen-bond donors (Lipinski definition) is 1. The zero-order chi connectivity index (χ0) is 12.2. The molecule has 1 N–H and O–H groups in total. The normalized spacial score (nSPS) is 16.8. The molecule has 3 nitrogen and oxygen atoms in total. The second-order valence-corrected chi connectivity index (χ2v) is 5.02. The maximum absolute atomic E-state index is 10.1. The molecule has 0 aromatic carbocycles. The SMILES string of the molecule is CCC(C)(OC)C(O)Cc1cncc(Br)c1. The van der Waals surface area contributed by atoms with Gasteiger partial charge in [-0.05, 0) is 40.9 Å². The molecular weight excluding hydrogens is 270 g/mol. The van der Waals surface area contributed by atoms with Crippen LogP contribution in [0.2, 0.25) is 0 Å². The van der Waals surface area contributed by atoms with E-state index in [2.05, 4.69) is 20.9 Å². The van der Waals surface area contributed by atoms with Gasteiger partial charge in [-0.2, -0.15) is 0 Å². The molecule has 0 bridgehead atoms. The number of methoxy groups -OCH3 is 1. The van der Waals surface area contributed by atoms with Crippen molar-refractivity contribution in [1.82, 2.24) is 4.98 Å². The maximum Gasteiger partial charge on any atom is 0.0909 e. The molecule has 4 heteroatoms. The van der Waals surface area contributed by atoms with E-state index in [1.807, 2.05) is 19.9 Å². The average molecular weight is 288 g/mol. The van der Waals surface area contributed by atoms with Crippen molar-refractivity contribution in [3.63, 3.8) is 0 Å². The number of nitrogens with zero attached hydrogens (tertiary/aromatic N) is 1. The first kappa shape index (κ1) is 13.6. The van der Waals surface area contributed by atoms with Gasteiger partial charge in [0.15, 0.2) is 0 Å². The molecule has 0 aliphatic heterocycles. The fourth-order valence-corrected chi connectivity index (χ4v) is 1.93. The summed E-state index contributed by atoms with van der Waals surface area (Å²) in [6, 6.07) is 1.96. The second-order valence-electron chi connectivity index (χ2n) is 4.10. The van der Waals surface area contributed by atoms with Gasteiger partial charge in [0.05, 0.1) is 11.7 Å². The molecule has 0 radical (unpaired) electrons. The zero-order valence-corrected chi connectivity index (χ0v) is 11.5. The van der Waals surface area contributed by atoms with Crippen LogP contribution in [0.5, 0.6) is 0 Å². The Kier molecular flexibility index (Phi) is 4.89. The van der Waals surface area contributed by atoms with Crippen LogP contribution in [0.25, 0.3) is 0 Å². The third kappa shape index (κ3) is 3.27. The lowest BCUT2D eigenvalue weighted by Gasteiger charge is -2.32. The van der Waals surface area contributed by atoms with Crippen LogP contribution >= 0.6 is 15.9 Å². The molecule has 0 aliphatic rings. The Morgan fingerprint density at radius 1 is 1.56 bits per heavy atom. The van der Waals surface area contributed by atoms with Crippen LogP contribution in [0.4, 0.5) is 0 Å². The van der Waals surface area contributed by atoms with Crippen molar-refractivity contribution in [2.45, 2.75) is 38.4 Å². The number of ether oxygens (including phenoxy) is 1. The highest BCUT2D eigenvalue weighted by atomic mass is 79.9. The summed E-state index contributed by atoms with van der Waals surface area (Å²) in [4.78, 5) is 4.07. The molecule has 0 saturated carbocycles. The molecule has 1 aromatic heterocycles. The van der Waals surface area contributed by atoms with Crippen LogP contribution in [-0.2, 0) is 11.2 Å². The summed E-state index contributed by atoms with van der Waals surface area (Å²) in [6.07, 6.45) is 4.28. The smallest absolute Gasteiger partial charge is 0.0909 e. The van der Waals surface area contributed by atoms with Crippen LogP contribution in [0.1, 0.15) is 25.8 Å². The Balaban J connectivity index is 2.74. The Morgan fingerprint density at radius 3 is 2.75 bits per heavy atom. The summed E-state index contributed by atoms with van der Waals surface area (Å²) in [5.74, 6) is 0. The van der Waals surface area contributed by atoms with Crippen LogP contribution in [0.15, 0.2) is 22.9 Å². The maximum atomic E-state index is 10.1. The summed E-state index contributed by atoms with van der Waals surface area (Å²) >= 11 is 3.36. The van der Waals surface area contributed by atoms with Crippen LogP contribution < -0.4 is 0 Å². The fraction of sp³-hybridized carbons (Fsp3) is 0.583. The summed E-state index contributed by atoms with van der Waals surface area (Å²) < 4.78 is 6.29. The van der Waals surface area contributed by atoms with Crippen LogP contribution in [0, 0.1) is 0 Å². The summed E-state index contributed by atoms with van der Waals surface area (Å²) in [5.41, 5.74) is 0.501. The van der Waals surface area contributed by atoms with Crippen molar-refractivity contribution in [1.29, 1.82) is 0 Å². The number of aliphatic hydroxyl groups excluding tert-OH is 1. The van der Waals surface area contributed by atoms with Gasteiger partial charge in [-0.15, -0.1) is 0 Å². The lowest BCUT2D eigenvalue weighted by molar-refractivity contribution is -0.0914. The fourth-order valence-electron chi connectivity index (χ4n) is 1.52. The first-order valence-corrected chi connectivity index (χ1v) is 6.13. The van der Waals surface area contributed by atoms with E-state index in [1.54, 1.807) is 19.5 Å². The summed E-state index contributed by atoms with van der Waals surface area (Å²) in [6.45, 7) is 3.93. The molecule has 0 saturated heterocycles. The van der Waals surface area contributed by atoms with Gasteiger partial charge in [-0.1, -0.05) is 6.92 Å². The van der Waals surface area contributed by atoms with E-state index in [4.69, 9.17) is 4.74 Å². The summed E-state index contributed by atoms with van der Waals surface area (Å²) in [7, 11) is 1.63. The van der Waals surface area contributed by atoms with Gasteiger partial charge in [-0.3, -0.25) is 4.98 Å². The van der Waals surface area contributed by atoms with Gasteiger partial charge < -0.3 is 9.84 Å². The molecule has 0 amide bonds. The number of aliphatic hydroxyl groups is 1. The van der Waals surface area contributed by atoms with Crippen LogP contribution in [0.3, 0.4) is 0 Å². The lowest BCUT2D eigenvalue weighted by atomic mass is 9.91. The standard InChI is InChI=1S/C12H18BrNO2/c1-4-12(2,16-3)11(15)6-9-5-10(13)8-14-7-9/h5,7-8,11,15H,4,6H2,1-3H3. The van der Waals surface area contributed by atoms with Crippen molar-refractivity contribution < 1.29 is 9.84 Å². The van der Waals surface area contributed by atoms with E-state index >= 15 is 0 Å². The van der Waals surface area contributed by atoms with Gasteiger partial charge in [0.25, 0.3) is 0 Å². The molecule has 2 atom stereocenters. The minimum atomic E-state index is -0.529. The van der Waals surface area contributed by atoms with Crippen molar-refractivity contribution >= 4 is 15.9 Å². The number of hydrogen-bond acceptors (Lipinski definition) is 3. The van der Waals surface area contributed by atoms with E-state index in [0.717, 1.165) is 16.5 Å². The molecule has 1 aromatic rings. The first-order chi connectivity index (χ1) is 7.51. The zero-order valence-electron chi connectivity index (χ0n) is 9.90. The number of rotatable bonds is 5. The highest BCUT2D eigenvalue weighted by Gasteiger charge is 2.30. The average Bonchev–Trinajstić information content (AvgIpc) is 2.28. The van der Waals surface area contributed by atoms with E-state index in [1.165, 1.54) is 0 Å². The monoisotopic (exact) mass is 287 g/mol. The Bertz CT molecular complexity index is 340. The molecule has 0 spiro atoms. The van der Waals surface area contributed by atoms with Crippen molar-refractivity contribution in [3.8, 4) is 0 Å². The van der Waals surface area contributed by atoms with E-state index < -0.39 is 11.7 Å². The third-order valence-electron chi connectivity index (χ3n) is 3.06. The Hall–Kier alpha value is -0.450. The molecule has 0 aliphatic carbocycles. The van der Waals surface area contributed by atoms with Crippen molar-refractivity contribution in [2.24, 2.45) is 0 Å². The van der Waals surface area contributed by atoms with Crippen molar-refractivity contribution in [3.05, 3.63) is 28.5 Å². The minimum absolute atomic E-state index is 0.498. The van der Waals surface area contributed by atoms with E-state index in [0.29, 0.717) is 6.42 Å². The summed E-state index contributed by atoms with van der Waals surface area (Å²) in [5, 5.41) is 10.1. The Labute approximate surface area is 105 Å². The molecule has 1 rings (SSSR count). The van der Waals surface area contributed by atoms with Gasteiger partial charge in [0.2, 0.25) is 0 Å². The molecule has 16 heavy (non-hydrogen) atoms. The molecule has 2 unspecified atom stereocenters. The minimum Gasteiger partial charge on any atom is -0.390 e. The molecule has 90 valence electrons. The van der Waals surface area contributed by atoms with Crippen molar-refractivity contribution in [2.75, 3.05) is 7.11 Å². The largest absolute Gasteiger partial charge is 0.390 e. The van der Waals surface area contributed by atoms with E-state index in [9.17, 15) is 5.11 Å². The van der Waals surface area contributed by atoms with Gasteiger partial charge >= 0.3 is 0 Å². The highest BCUT2D eigenvalue weighted by molar-refractivity contribution is 9.10. The predicted molar refractivity (Wildman–Crippen MR) is 67.4 cm³/mol. The lowest BCUT2D eigenvalue weighted by Crippen LogP contribution is -2.42. The Morgan fingerprint density at radius 2 is 2.25 bits per heavy atom. The predicted octanol–water partition coefficient (Wildman–Crippen LogP) is 2.56. The third-order valence-corrected chi connectivity index (χ3v) is 3.50. The van der Waals surface area contributed by atoms with Gasteiger partial charge in [-0.25, -0.2) is 0 Å². The van der Waals surface area contributed by atoms with Gasteiger partial charge in [0.1, 0.15) is 0 Å². The quantitative estimate of drug-likeness (QED) is 0.905. The van der Waals surface area contributed by atoms with Crippen LogP contribution in [-0.4, -0.2) is 28.9 Å². The topological polar surface area (TPSA) is 42.4 Å². The second kappa shape index (κ2) is 5.75. The molecule has 0 fully saturated rings. The van der Waals surface area contributed by atoms with E-state index in [-0.39, 0.29) is 0 Å². The number of pyridine rings is 1. The molecular formula is C12H18BrNO2. The first-order valence-electron chi connectivity index (χ1n) is 5.34.